The van der Waals surface area contributed by atoms with Gasteiger partial charge in [0.15, 0.2) is 0 Å². The first-order chi connectivity index (χ1) is 7.58. The largest absolute Gasteiger partial charge is 0.383 e. The van der Waals surface area contributed by atoms with Crippen LogP contribution in [0.4, 0.5) is 0 Å². The molecule has 0 fully saturated rings. The van der Waals surface area contributed by atoms with Gasteiger partial charge in [-0.15, -0.1) is 11.3 Å². The van der Waals surface area contributed by atoms with Crippen LogP contribution in [0.2, 0.25) is 4.34 Å². The monoisotopic (exact) mass is 316 g/mol. The van der Waals surface area contributed by atoms with Gasteiger partial charge in [-0.1, -0.05) is 33.6 Å². The molecule has 0 aliphatic heterocycles. The van der Waals surface area contributed by atoms with E-state index < -0.39 is 6.10 Å². The fourth-order valence-electron chi connectivity index (χ4n) is 1.57. The first-order valence-electron chi connectivity index (χ1n) is 4.77. The maximum Gasteiger partial charge on any atom is 0.113 e. The molecule has 1 unspecified atom stereocenters. The van der Waals surface area contributed by atoms with Gasteiger partial charge in [0, 0.05) is 9.35 Å². The molecule has 1 aromatic heterocycles. The molecule has 0 bridgehead atoms. The summed E-state index contributed by atoms with van der Waals surface area (Å²) in [6.45, 7) is 1.98. The molecule has 1 nitrogen and oxygen atoms in total. The van der Waals surface area contributed by atoms with Crippen molar-refractivity contribution < 1.29 is 5.11 Å². The zero-order chi connectivity index (χ0) is 11.7. The van der Waals surface area contributed by atoms with E-state index >= 15 is 0 Å². The van der Waals surface area contributed by atoms with Gasteiger partial charge in [0.25, 0.3) is 0 Å². The summed E-state index contributed by atoms with van der Waals surface area (Å²) >= 11 is 10.7. The molecular weight excluding hydrogens is 308 g/mol. The fourth-order valence-corrected chi connectivity index (χ4v) is 3.12. The molecule has 0 saturated heterocycles. The summed E-state index contributed by atoms with van der Waals surface area (Å²) in [5.41, 5.74) is 1.98. The third-order valence-corrected chi connectivity index (χ3v) is 4.17. The lowest BCUT2D eigenvalue weighted by Crippen LogP contribution is -1.99. The second-order valence-electron chi connectivity index (χ2n) is 3.55. The molecule has 0 spiro atoms. The van der Waals surface area contributed by atoms with E-state index in [4.69, 9.17) is 11.6 Å². The van der Waals surface area contributed by atoms with Gasteiger partial charge in [0.2, 0.25) is 0 Å². The molecule has 16 heavy (non-hydrogen) atoms. The smallest absolute Gasteiger partial charge is 0.113 e. The number of hydrogen-bond acceptors (Lipinski definition) is 2. The van der Waals surface area contributed by atoms with Gasteiger partial charge < -0.3 is 5.11 Å². The number of aryl methyl sites for hydroxylation is 1. The molecule has 84 valence electrons. The molecule has 1 atom stereocenters. The van der Waals surface area contributed by atoms with Crippen molar-refractivity contribution in [1.29, 1.82) is 0 Å². The van der Waals surface area contributed by atoms with Gasteiger partial charge in [-0.25, -0.2) is 0 Å². The lowest BCUT2D eigenvalue weighted by atomic mass is 10.0. The summed E-state index contributed by atoms with van der Waals surface area (Å²) in [5.74, 6) is 0. The predicted octanol–water partition coefficient (Wildman–Crippen LogP) is 4.55. The van der Waals surface area contributed by atoms with E-state index in [0.29, 0.717) is 4.34 Å². The molecule has 2 aromatic rings. The zero-order valence-electron chi connectivity index (χ0n) is 8.58. The molecule has 1 N–H and O–H groups in total. The molecule has 1 heterocycles. The van der Waals surface area contributed by atoms with Crippen molar-refractivity contribution in [2.75, 3.05) is 0 Å². The van der Waals surface area contributed by atoms with Crippen LogP contribution in [0.3, 0.4) is 0 Å². The van der Waals surface area contributed by atoms with Crippen LogP contribution in [0.15, 0.2) is 34.8 Å². The number of thiophene rings is 1. The summed E-state index contributed by atoms with van der Waals surface area (Å²) in [6.07, 6.45) is -0.592. The minimum atomic E-state index is -0.592. The topological polar surface area (TPSA) is 20.2 Å². The van der Waals surface area contributed by atoms with Crippen molar-refractivity contribution in [1.82, 2.24) is 0 Å². The maximum absolute atomic E-state index is 10.2. The number of halogens is 2. The molecule has 4 heteroatoms. The Morgan fingerprint density at radius 2 is 2.06 bits per heavy atom. The van der Waals surface area contributed by atoms with Crippen LogP contribution >= 0.6 is 38.9 Å². The second kappa shape index (κ2) is 4.88. The Balaban J connectivity index is 2.37. The summed E-state index contributed by atoms with van der Waals surface area (Å²) in [7, 11) is 0. The van der Waals surface area contributed by atoms with Crippen LogP contribution in [-0.2, 0) is 0 Å². The van der Waals surface area contributed by atoms with Crippen molar-refractivity contribution in [3.05, 3.63) is 55.1 Å². The van der Waals surface area contributed by atoms with Crippen molar-refractivity contribution in [3.8, 4) is 0 Å². The van der Waals surface area contributed by atoms with E-state index in [1.165, 1.54) is 11.3 Å². The Bertz CT molecular complexity index is 509. The molecule has 0 aliphatic rings. The quantitative estimate of drug-likeness (QED) is 0.861. The first kappa shape index (κ1) is 12.1. The number of hydrogen-bond donors (Lipinski definition) is 1. The van der Waals surface area contributed by atoms with Crippen molar-refractivity contribution in [2.24, 2.45) is 0 Å². The molecule has 0 radical (unpaired) electrons. The summed E-state index contributed by atoms with van der Waals surface area (Å²) in [6, 6.07) is 9.52. The lowest BCUT2D eigenvalue weighted by molar-refractivity contribution is 0.223. The Labute approximate surface area is 112 Å². The Kier molecular flexibility index (Phi) is 3.70. The molecule has 0 amide bonds. The second-order valence-corrected chi connectivity index (χ2v) is 6.21. The lowest BCUT2D eigenvalue weighted by Gasteiger charge is -2.12. The van der Waals surface area contributed by atoms with Gasteiger partial charge >= 0.3 is 0 Å². The third kappa shape index (κ3) is 2.48. The first-order valence-corrected chi connectivity index (χ1v) is 6.76. The van der Waals surface area contributed by atoms with Crippen molar-refractivity contribution in [3.63, 3.8) is 0 Å². The average Bonchev–Trinajstić information content (AvgIpc) is 2.64. The average molecular weight is 318 g/mol. The highest BCUT2D eigenvalue weighted by molar-refractivity contribution is 9.10. The summed E-state index contributed by atoms with van der Waals surface area (Å²) in [4.78, 5) is 0.871. The number of benzene rings is 1. The third-order valence-electron chi connectivity index (χ3n) is 2.39. The zero-order valence-corrected chi connectivity index (χ0v) is 11.7. The summed E-state index contributed by atoms with van der Waals surface area (Å²) in [5, 5.41) is 10.2. The standard InChI is InChI=1S/C12H10BrClOS/c1-7-6-8(13)2-3-9(7)12(15)10-4-5-11(14)16-10/h2-6,12,15H,1H3. The van der Waals surface area contributed by atoms with E-state index in [2.05, 4.69) is 15.9 Å². The normalized spacial score (nSPS) is 12.8. The SMILES string of the molecule is Cc1cc(Br)ccc1C(O)c1ccc(Cl)s1. The van der Waals surface area contributed by atoms with Gasteiger partial charge in [-0.2, -0.15) is 0 Å². The van der Waals surface area contributed by atoms with E-state index in [1.807, 2.05) is 31.2 Å². The minimum absolute atomic E-state index is 0.592. The molecule has 1 aromatic carbocycles. The van der Waals surface area contributed by atoms with Gasteiger partial charge in [0.05, 0.1) is 4.34 Å². The van der Waals surface area contributed by atoms with Crippen LogP contribution in [0.1, 0.15) is 22.1 Å². The van der Waals surface area contributed by atoms with Crippen LogP contribution in [0.25, 0.3) is 0 Å². The van der Waals surface area contributed by atoms with Crippen LogP contribution < -0.4 is 0 Å². The maximum atomic E-state index is 10.2. The van der Waals surface area contributed by atoms with Crippen LogP contribution in [0, 0.1) is 6.92 Å². The van der Waals surface area contributed by atoms with Crippen LogP contribution in [0.5, 0.6) is 0 Å². The highest BCUT2D eigenvalue weighted by atomic mass is 79.9. The van der Waals surface area contributed by atoms with Crippen molar-refractivity contribution >= 4 is 38.9 Å². The molecular formula is C12H10BrClOS. The molecule has 0 aliphatic carbocycles. The number of rotatable bonds is 2. The minimum Gasteiger partial charge on any atom is -0.383 e. The van der Waals surface area contributed by atoms with E-state index in [9.17, 15) is 5.11 Å². The summed E-state index contributed by atoms with van der Waals surface area (Å²) < 4.78 is 1.72. The Hall–Kier alpha value is -0.350. The van der Waals surface area contributed by atoms with Gasteiger partial charge in [0.1, 0.15) is 6.10 Å². The fraction of sp³-hybridized carbons (Fsp3) is 0.167. The number of aliphatic hydroxyl groups is 1. The Morgan fingerprint density at radius 1 is 1.31 bits per heavy atom. The van der Waals surface area contributed by atoms with E-state index in [-0.39, 0.29) is 0 Å². The highest BCUT2D eigenvalue weighted by Crippen LogP contribution is 2.32. The van der Waals surface area contributed by atoms with Gasteiger partial charge in [-0.3, -0.25) is 0 Å². The van der Waals surface area contributed by atoms with E-state index in [0.717, 1.165) is 20.5 Å². The van der Waals surface area contributed by atoms with Crippen LogP contribution in [-0.4, -0.2) is 5.11 Å². The molecule has 2 rings (SSSR count). The van der Waals surface area contributed by atoms with Gasteiger partial charge in [-0.05, 0) is 42.3 Å². The van der Waals surface area contributed by atoms with E-state index in [1.54, 1.807) is 6.07 Å². The van der Waals surface area contributed by atoms with Crippen molar-refractivity contribution in [2.45, 2.75) is 13.0 Å². The molecule has 0 saturated carbocycles. The predicted molar refractivity (Wildman–Crippen MR) is 72.3 cm³/mol. The Morgan fingerprint density at radius 3 is 2.62 bits per heavy atom. The number of aliphatic hydroxyl groups excluding tert-OH is 1. The highest BCUT2D eigenvalue weighted by Gasteiger charge is 2.14.